The highest BCUT2D eigenvalue weighted by atomic mass is 35.5. The van der Waals surface area contributed by atoms with Crippen LogP contribution >= 0.6 is 23.8 Å². The predicted octanol–water partition coefficient (Wildman–Crippen LogP) is 4.96. The number of nitrogens with one attached hydrogen (secondary N) is 1. The van der Waals surface area contributed by atoms with Crippen LogP contribution in [0.5, 0.6) is 0 Å². The maximum Gasteiger partial charge on any atom is 0.345 e. The second kappa shape index (κ2) is 5.78. The highest BCUT2D eigenvalue weighted by Crippen LogP contribution is 2.23. The summed E-state index contributed by atoms with van der Waals surface area (Å²) in [7, 11) is 0. The SMILES string of the molecule is O=c1oc2ccc(Cl)cc2cc1-c1cn(-c2ccccc2)c(=S)[nH]1. The minimum Gasteiger partial charge on any atom is -0.422 e. The first-order valence-electron chi connectivity index (χ1n) is 7.23. The highest BCUT2D eigenvalue weighted by molar-refractivity contribution is 7.71. The van der Waals surface area contributed by atoms with E-state index in [0.29, 0.717) is 26.6 Å². The smallest absolute Gasteiger partial charge is 0.345 e. The van der Waals surface area contributed by atoms with Gasteiger partial charge >= 0.3 is 5.63 Å². The lowest BCUT2D eigenvalue weighted by Crippen LogP contribution is -2.02. The minimum absolute atomic E-state index is 0.408. The molecule has 0 amide bonds. The summed E-state index contributed by atoms with van der Waals surface area (Å²) < 4.78 is 7.69. The monoisotopic (exact) mass is 354 g/mol. The van der Waals surface area contributed by atoms with Gasteiger partial charge in [0.15, 0.2) is 4.77 Å². The molecule has 6 heteroatoms. The second-order valence-electron chi connectivity index (χ2n) is 5.31. The zero-order valence-electron chi connectivity index (χ0n) is 12.3. The molecular formula is C18H11ClN2O2S. The summed E-state index contributed by atoms with van der Waals surface area (Å²) in [5.41, 5.74) is 1.98. The lowest BCUT2D eigenvalue weighted by atomic mass is 10.1. The van der Waals surface area contributed by atoms with Crippen molar-refractivity contribution in [3.05, 3.63) is 81.0 Å². The molecule has 4 aromatic rings. The van der Waals surface area contributed by atoms with Crippen LogP contribution < -0.4 is 5.63 Å². The fraction of sp³-hybridized carbons (Fsp3) is 0. The lowest BCUT2D eigenvalue weighted by molar-refractivity contribution is 0.563. The molecule has 0 saturated carbocycles. The molecule has 0 aliphatic carbocycles. The molecule has 0 saturated heterocycles. The molecule has 0 radical (unpaired) electrons. The van der Waals surface area contributed by atoms with Crippen molar-refractivity contribution in [1.29, 1.82) is 0 Å². The Balaban J connectivity index is 1.91. The van der Waals surface area contributed by atoms with Gasteiger partial charge in [-0.05, 0) is 48.6 Å². The molecule has 24 heavy (non-hydrogen) atoms. The average molecular weight is 355 g/mol. The number of H-pyrrole nitrogens is 1. The molecule has 0 fully saturated rings. The number of halogens is 1. The molecule has 118 valence electrons. The van der Waals surface area contributed by atoms with Gasteiger partial charge in [0.25, 0.3) is 0 Å². The van der Waals surface area contributed by atoms with E-state index in [1.54, 1.807) is 30.5 Å². The molecule has 2 aromatic carbocycles. The maximum absolute atomic E-state index is 12.3. The maximum atomic E-state index is 12.3. The number of fused-ring (bicyclic) bond motifs is 1. The van der Waals surface area contributed by atoms with Gasteiger partial charge in [-0.2, -0.15) is 0 Å². The number of rotatable bonds is 2. The van der Waals surface area contributed by atoms with E-state index in [2.05, 4.69) is 4.98 Å². The Bertz CT molecular complexity index is 1160. The fourth-order valence-electron chi connectivity index (χ4n) is 2.59. The van der Waals surface area contributed by atoms with E-state index in [4.69, 9.17) is 28.2 Å². The van der Waals surface area contributed by atoms with Gasteiger partial charge in [0.05, 0.1) is 11.3 Å². The first-order chi connectivity index (χ1) is 11.6. The second-order valence-corrected chi connectivity index (χ2v) is 6.13. The third-order valence-corrected chi connectivity index (χ3v) is 4.27. The van der Waals surface area contributed by atoms with Crippen molar-refractivity contribution in [1.82, 2.24) is 9.55 Å². The summed E-state index contributed by atoms with van der Waals surface area (Å²) in [6.45, 7) is 0. The number of aromatic nitrogens is 2. The van der Waals surface area contributed by atoms with Crippen LogP contribution in [0.25, 0.3) is 27.9 Å². The largest absolute Gasteiger partial charge is 0.422 e. The van der Waals surface area contributed by atoms with Crippen LogP contribution in [0.15, 0.2) is 70.0 Å². The summed E-state index contributed by atoms with van der Waals surface area (Å²) in [5.74, 6) is 0. The topological polar surface area (TPSA) is 50.9 Å². The van der Waals surface area contributed by atoms with Crippen LogP contribution in [-0.2, 0) is 0 Å². The zero-order valence-corrected chi connectivity index (χ0v) is 13.9. The summed E-state index contributed by atoms with van der Waals surface area (Å²) >= 11 is 11.4. The van der Waals surface area contributed by atoms with Crippen LogP contribution in [0.1, 0.15) is 0 Å². The molecule has 1 N–H and O–H groups in total. The van der Waals surface area contributed by atoms with Crippen LogP contribution in [0.3, 0.4) is 0 Å². The molecule has 4 rings (SSSR count). The van der Waals surface area contributed by atoms with Gasteiger partial charge < -0.3 is 9.40 Å². The zero-order chi connectivity index (χ0) is 16.7. The molecular weight excluding hydrogens is 344 g/mol. The van der Waals surface area contributed by atoms with Gasteiger partial charge in [0.1, 0.15) is 5.58 Å². The van der Waals surface area contributed by atoms with Gasteiger partial charge in [0.2, 0.25) is 0 Å². The number of imidazole rings is 1. The molecule has 0 unspecified atom stereocenters. The third-order valence-electron chi connectivity index (χ3n) is 3.74. The highest BCUT2D eigenvalue weighted by Gasteiger charge is 2.11. The predicted molar refractivity (Wildman–Crippen MR) is 97.4 cm³/mol. The Morgan fingerprint density at radius 3 is 2.67 bits per heavy atom. The molecule has 0 atom stereocenters. The Morgan fingerprint density at radius 2 is 1.88 bits per heavy atom. The molecule has 2 heterocycles. The van der Waals surface area contributed by atoms with Crippen LogP contribution in [-0.4, -0.2) is 9.55 Å². The van der Waals surface area contributed by atoms with E-state index in [1.165, 1.54) is 0 Å². The summed E-state index contributed by atoms with van der Waals surface area (Å²) in [5, 5.41) is 1.33. The van der Waals surface area contributed by atoms with E-state index < -0.39 is 5.63 Å². The molecule has 0 bridgehead atoms. The van der Waals surface area contributed by atoms with Crippen molar-refractivity contribution in [2.75, 3.05) is 0 Å². The van der Waals surface area contributed by atoms with Crippen LogP contribution in [0, 0.1) is 4.77 Å². The van der Waals surface area contributed by atoms with Gasteiger partial charge in [0, 0.05) is 22.3 Å². The van der Waals surface area contributed by atoms with Crippen molar-refractivity contribution >= 4 is 34.8 Å². The standard InChI is InChI=1S/C18H11ClN2O2S/c19-12-6-7-16-11(8-12)9-14(17(22)23-16)15-10-21(18(24)20-15)13-4-2-1-3-5-13/h1-10H,(H,20,24). The molecule has 0 aliphatic rings. The number of para-hydroxylation sites is 1. The van der Waals surface area contributed by atoms with Crippen LogP contribution in [0.4, 0.5) is 0 Å². The fourth-order valence-corrected chi connectivity index (χ4v) is 3.04. The van der Waals surface area contributed by atoms with Crippen molar-refractivity contribution < 1.29 is 4.42 Å². The van der Waals surface area contributed by atoms with Crippen molar-refractivity contribution in [2.24, 2.45) is 0 Å². The van der Waals surface area contributed by atoms with E-state index in [0.717, 1.165) is 11.1 Å². The van der Waals surface area contributed by atoms with Gasteiger partial charge in [-0.3, -0.25) is 4.57 Å². The number of hydrogen-bond donors (Lipinski definition) is 1. The Morgan fingerprint density at radius 1 is 1.08 bits per heavy atom. The molecule has 0 aliphatic heterocycles. The minimum atomic E-state index is -0.429. The van der Waals surface area contributed by atoms with E-state index in [1.807, 2.05) is 34.9 Å². The molecule has 2 aromatic heterocycles. The first-order valence-corrected chi connectivity index (χ1v) is 8.01. The molecule has 0 spiro atoms. The number of nitrogens with zero attached hydrogens (tertiary/aromatic N) is 1. The summed E-state index contributed by atoms with van der Waals surface area (Å²) in [6.07, 6.45) is 1.79. The van der Waals surface area contributed by atoms with Crippen molar-refractivity contribution in [2.45, 2.75) is 0 Å². The lowest BCUT2D eigenvalue weighted by Gasteiger charge is -2.01. The third kappa shape index (κ3) is 2.58. The Kier molecular flexibility index (Phi) is 3.59. The van der Waals surface area contributed by atoms with Gasteiger partial charge in [-0.1, -0.05) is 29.8 Å². The van der Waals surface area contributed by atoms with E-state index in [-0.39, 0.29) is 0 Å². The van der Waals surface area contributed by atoms with Crippen LogP contribution in [0.2, 0.25) is 5.02 Å². The quantitative estimate of drug-likeness (QED) is 0.409. The number of hydrogen-bond acceptors (Lipinski definition) is 3. The van der Waals surface area contributed by atoms with Gasteiger partial charge in [-0.15, -0.1) is 0 Å². The molecule has 4 nitrogen and oxygen atoms in total. The van der Waals surface area contributed by atoms with Crippen molar-refractivity contribution in [3.63, 3.8) is 0 Å². The first kappa shape index (κ1) is 14.9. The Hall–Kier alpha value is -2.63. The number of aromatic amines is 1. The Labute approximate surface area is 146 Å². The normalized spacial score (nSPS) is 11.0. The summed E-state index contributed by atoms with van der Waals surface area (Å²) in [4.78, 5) is 15.4. The van der Waals surface area contributed by atoms with Crippen molar-refractivity contribution in [3.8, 4) is 16.9 Å². The van der Waals surface area contributed by atoms with E-state index in [9.17, 15) is 4.79 Å². The average Bonchev–Trinajstić information content (AvgIpc) is 2.97. The van der Waals surface area contributed by atoms with Gasteiger partial charge in [-0.25, -0.2) is 4.79 Å². The van der Waals surface area contributed by atoms with E-state index >= 15 is 0 Å². The summed E-state index contributed by atoms with van der Waals surface area (Å²) in [6, 6.07) is 16.5. The number of benzene rings is 2.